The average molecular weight is 795 g/mol. The van der Waals surface area contributed by atoms with E-state index >= 15 is 0 Å². The van der Waals surface area contributed by atoms with Crippen molar-refractivity contribution in [1.29, 1.82) is 0 Å². The maximum atomic E-state index is 13.9. The van der Waals surface area contributed by atoms with Gasteiger partial charge in [0.15, 0.2) is 10.8 Å². The molecule has 0 saturated heterocycles. The van der Waals surface area contributed by atoms with Crippen molar-refractivity contribution >= 4 is 35.1 Å². The Balaban J connectivity index is 0.000000294. The van der Waals surface area contributed by atoms with E-state index in [2.05, 4.69) is 37.4 Å². The van der Waals surface area contributed by atoms with Gasteiger partial charge in [-0.25, -0.2) is 0 Å². The van der Waals surface area contributed by atoms with Crippen LogP contribution in [0.15, 0.2) is 97.1 Å². The number of carbonyl (C=O) groups is 4. The van der Waals surface area contributed by atoms with Crippen LogP contribution in [-0.4, -0.2) is 44.1 Å². The zero-order valence-corrected chi connectivity index (χ0v) is 35.4. The van der Waals surface area contributed by atoms with Gasteiger partial charge in [-0.3, -0.25) is 19.2 Å². The number of ether oxygens (including phenoxy) is 3. The van der Waals surface area contributed by atoms with Gasteiger partial charge >= 0.3 is 11.9 Å². The predicted octanol–water partition coefficient (Wildman–Crippen LogP) is 10.7. The largest absolute Gasteiger partial charge is 0.497 e. The van der Waals surface area contributed by atoms with Gasteiger partial charge in [-0.1, -0.05) is 135 Å². The van der Waals surface area contributed by atoms with Crippen LogP contribution in [0.25, 0.3) is 0 Å². The van der Waals surface area contributed by atoms with Crippen LogP contribution in [0.4, 0.5) is 11.4 Å². The molecule has 0 radical (unpaired) electrons. The summed E-state index contributed by atoms with van der Waals surface area (Å²) < 4.78 is 15.9. The molecule has 0 aromatic heterocycles. The first-order valence-corrected chi connectivity index (χ1v) is 20.8. The van der Waals surface area contributed by atoms with Crippen LogP contribution in [0.5, 0.6) is 5.75 Å². The first-order valence-electron chi connectivity index (χ1n) is 20.8. The Morgan fingerprint density at radius 1 is 0.707 bits per heavy atom. The molecule has 2 aliphatic carbocycles. The third-order valence-corrected chi connectivity index (χ3v) is 11.2. The van der Waals surface area contributed by atoms with Crippen LogP contribution in [0, 0.1) is 10.8 Å². The highest BCUT2D eigenvalue weighted by Crippen LogP contribution is 2.72. The number of unbranched alkanes of at least 4 members (excludes halogenated alkanes) is 2. The van der Waals surface area contributed by atoms with Gasteiger partial charge in [-0.15, -0.1) is 0 Å². The highest BCUT2D eigenvalue weighted by Gasteiger charge is 2.80. The van der Waals surface area contributed by atoms with Crippen LogP contribution in [0.1, 0.15) is 118 Å². The third kappa shape index (κ3) is 8.10. The number of para-hydroxylation sites is 2. The summed E-state index contributed by atoms with van der Waals surface area (Å²) in [6.07, 6.45) is 13.1. The summed E-state index contributed by atoms with van der Waals surface area (Å²) in [5.74, 6) is -0.495. The Bertz CT molecular complexity index is 1940. The van der Waals surface area contributed by atoms with E-state index in [0.29, 0.717) is 19.4 Å². The SMILES string of the molecule is C.CC.CC.CCC/C=C/C12CC1(C(=O)OCC)C(=O)N(Cc1ccc(OC)cc1)c1ccccc12.CCC/C=C/C12CC1(C(=O)OCC)C(=O)Nc1ccccc12. The minimum Gasteiger partial charge on any atom is -0.497 e. The van der Waals surface area contributed by atoms with Gasteiger partial charge in [0.05, 0.1) is 26.9 Å². The molecule has 0 spiro atoms. The molecule has 3 aromatic carbocycles. The van der Waals surface area contributed by atoms with Crippen molar-refractivity contribution in [3.05, 3.63) is 114 Å². The minimum absolute atomic E-state index is 0. The van der Waals surface area contributed by atoms with Gasteiger partial charge in [0.25, 0.3) is 0 Å². The average Bonchev–Trinajstić information content (AvgIpc) is 4.15. The van der Waals surface area contributed by atoms with Gasteiger partial charge in [0.2, 0.25) is 11.8 Å². The summed E-state index contributed by atoms with van der Waals surface area (Å²) in [6.45, 7) is 16.7. The van der Waals surface area contributed by atoms with Crippen molar-refractivity contribution in [2.75, 3.05) is 30.5 Å². The smallest absolute Gasteiger partial charge is 0.322 e. The van der Waals surface area contributed by atoms with Crippen molar-refractivity contribution in [3.8, 4) is 5.75 Å². The highest BCUT2D eigenvalue weighted by molar-refractivity contribution is 6.19. The molecule has 2 amide bonds. The number of nitrogens with zero attached hydrogens (tertiary/aromatic N) is 1. The minimum atomic E-state index is -1.19. The fraction of sp³-hybridized carbons (Fsp3) is 0.469. The summed E-state index contributed by atoms with van der Waals surface area (Å²) in [6, 6.07) is 23.3. The van der Waals surface area contributed by atoms with Crippen molar-refractivity contribution < 1.29 is 33.4 Å². The fourth-order valence-electron chi connectivity index (χ4n) is 8.34. The molecule has 4 atom stereocenters. The molecule has 4 unspecified atom stereocenters. The van der Waals surface area contributed by atoms with E-state index in [1.165, 1.54) is 0 Å². The Labute approximate surface area is 347 Å². The van der Waals surface area contributed by atoms with Gasteiger partial charge < -0.3 is 24.4 Å². The number of amides is 2. The number of hydrogen-bond donors (Lipinski definition) is 1. The summed E-state index contributed by atoms with van der Waals surface area (Å²) in [5, 5.41) is 2.87. The molecule has 0 bridgehead atoms. The van der Waals surface area contributed by atoms with E-state index in [1.54, 1.807) is 25.9 Å². The van der Waals surface area contributed by atoms with Crippen LogP contribution in [-0.2, 0) is 46.0 Å². The molecule has 58 heavy (non-hydrogen) atoms. The van der Waals surface area contributed by atoms with E-state index in [4.69, 9.17) is 14.2 Å². The highest BCUT2D eigenvalue weighted by atomic mass is 16.5. The first-order chi connectivity index (χ1) is 27.7. The molecule has 2 heterocycles. The number of hydrogen-bond acceptors (Lipinski definition) is 7. The maximum Gasteiger partial charge on any atom is 0.322 e. The molecular weight excluding hydrogens is 729 g/mol. The lowest BCUT2D eigenvalue weighted by Crippen LogP contribution is -2.49. The van der Waals surface area contributed by atoms with E-state index < -0.39 is 33.6 Å². The Hall–Kier alpha value is -5.18. The Morgan fingerprint density at radius 2 is 1.21 bits per heavy atom. The van der Waals surface area contributed by atoms with E-state index in [1.807, 2.05) is 107 Å². The van der Waals surface area contributed by atoms with Crippen molar-refractivity contribution in [2.45, 2.75) is 119 Å². The molecule has 9 heteroatoms. The molecule has 2 aliphatic heterocycles. The molecule has 4 aliphatic rings. The monoisotopic (exact) mass is 794 g/mol. The summed E-state index contributed by atoms with van der Waals surface area (Å²) in [7, 11) is 1.63. The fourth-order valence-corrected chi connectivity index (χ4v) is 8.34. The lowest BCUT2D eigenvalue weighted by Gasteiger charge is -2.37. The van der Waals surface area contributed by atoms with Crippen molar-refractivity contribution in [3.63, 3.8) is 0 Å². The second kappa shape index (κ2) is 20.5. The number of methoxy groups -OCH3 is 1. The van der Waals surface area contributed by atoms with Gasteiger partial charge in [0, 0.05) is 22.2 Å². The zero-order valence-electron chi connectivity index (χ0n) is 35.4. The van der Waals surface area contributed by atoms with Crippen LogP contribution < -0.4 is 15.0 Å². The van der Waals surface area contributed by atoms with E-state index in [-0.39, 0.29) is 32.5 Å². The van der Waals surface area contributed by atoms with Gasteiger partial charge in [-0.2, -0.15) is 0 Å². The lowest BCUT2D eigenvalue weighted by molar-refractivity contribution is -0.155. The molecule has 2 fully saturated rings. The lowest BCUT2D eigenvalue weighted by atomic mass is 9.79. The maximum absolute atomic E-state index is 13.9. The normalized spacial score (nSPS) is 23.9. The number of allylic oxidation sites excluding steroid dienone is 4. The molecule has 7 rings (SSSR count). The van der Waals surface area contributed by atoms with Gasteiger partial charge in [0.1, 0.15) is 5.75 Å². The van der Waals surface area contributed by atoms with E-state index in [0.717, 1.165) is 59.5 Å². The van der Waals surface area contributed by atoms with Crippen LogP contribution in [0.2, 0.25) is 0 Å². The van der Waals surface area contributed by atoms with Crippen molar-refractivity contribution in [1.82, 2.24) is 0 Å². The van der Waals surface area contributed by atoms with Crippen molar-refractivity contribution in [2.24, 2.45) is 10.8 Å². The zero-order chi connectivity index (χ0) is 41.9. The summed E-state index contributed by atoms with van der Waals surface area (Å²) in [5.41, 5.74) is 1.20. The molecule has 1 N–H and O–H groups in total. The first kappa shape index (κ1) is 47.2. The summed E-state index contributed by atoms with van der Waals surface area (Å²) in [4.78, 5) is 54.0. The molecule has 2 saturated carbocycles. The number of nitrogens with one attached hydrogen (secondary N) is 1. The van der Waals surface area contributed by atoms with Crippen LogP contribution >= 0.6 is 0 Å². The number of rotatable bonds is 13. The second-order valence-corrected chi connectivity index (χ2v) is 14.2. The van der Waals surface area contributed by atoms with E-state index in [9.17, 15) is 19.2 Å². The second-order valence-electron chi connectivity index (χ2n) is 14.2. The Kier molecular flexibility index (Phi) is 16.7. The number of carbonyl (C=O) groups excluding carboxylic acids is 4. The molecule has 3 aromatic rings. The summed E-state index contributed by atoms with van der Waals surface area (Å²) >= 11 is 0. The quantitative estimate of drug-likeness (QED) is 0.104. The number of esters is 2. The topological polar surface area (TPSA) is 111 Å². The molecule has 9 nitrogen and oxygen atoms in total. The standard InChI is InChI=1S/C26H29NO4.C18H21NO3.2C2H6.CH4/c1-4-6-9-16-25-18-26(25,24(29)31-5-2)23(28)27(22-11-8-7-10-21(22)25)17-19-12-14-20(30-3)15-13-19;1-3-5-8-11-17-12-18(17,16(21)22-4-2)15(20)19-14-10-7-6-9-13(14)17;2*1-2;/h7-16H,4-6,17-18H2,1-3H3;6-11H,3-5,12H2,1-2H3,(H,19,20);2*1-2H3;1H4/b16-9+;11-8+;;;. The Morgan fingerprint density at radius 3 is 1.76 bits per heavy atom. The number of benzene rings is 3. The third-order valence-electron chi connectivity index (χ3n) is 11.2. The molecule has 314 valence electrons. The van der Waals surface area contributed by atoms with Gasteiger partial charge in [-0.05, 0) is 80.5 Å². The predicted molar refractivity (Wildman–Crippen MR) is 234 cm³/mol. The number of fused-ring (bicyclic) bond motifs is 6. The number of anilines is 2. The molecular formula is C49H66N2O7. The van der Waals surface area contributed by atoms with Crippen LogP contribution in [0.3, 0.4) is 0 Å².